The molecule has 1 aliphatic carbocycles. The highest BCUT2D eigenvalue weighted by atomic mass is 79.9. The van der Waals surface area contributed by atoms with Crippen LogP contribution in [0.2, 0.25) is 0 Å². The number of imidazole rings is 1. The van der Waals surface area contributed by atoms with Crippen LogP contribution in [0.4, 0.5) is 0 Å². The molecule has 72 valence electrons. The number of pyridine rings is 1. The Morgan fingerprint density at radius 1 is 1.43 bits per heavy atom. The summed E-state index contributed by atoms with van der Waals surface area (Å²) in [6, 6.07) is 2.14. The molecule has 0 saturated carbocycles. The summed E-state index contributed by atoms with van der Waals surface area (Å²) in [5.74, 6) is 0. The minimum absolute atomic E-state index is 1.09. The van der Waals surface area contributed by atoms with Crippen LogP contribution in [0, 0.1) is 6.92 Å². The van der Waals surface area contributed by atoms with Crippen LogP contribution < -0.4 is 0 Å². The van der Waals surface area contributed by atoms with Gasteiger partial charge in [-0.15, -0.1) is 0 Å². The van der Waals surface area contributed by atoms with Gasteiger partial charge in [0, 0.05) is 16.4 Å². The molecule has 2 heterocycles. The number of nitrogens with zero attached hydrogens (tertiary/aromatic N) is 2. The Hall–Kier alpha value is -0.830. The third kappa shape index (κ3) is 1.05. The molecule has 0 amide bonds. The van der Waals surface area contributed by atoms with Crippen LogP contribution in [0.3, 0.4) is 0 Å². The fourth-order valence-corrected chi connectivity index (χ4v) is 2.47. The average molecular weight is 251 g/mol. The van der Waals surface area contributed by atoms with Crippen LogP contribution in [0.25, 0.3) is 5.65 Å². The summed E-state index contributed by atoms with van der Waals surface area (Å²) in [5, 5.41) is 0. The SMILES string of the molecule is Cc1cc2nc3c(n2cc1Br)CCC3. The van der Waals surface area contributed by atoms with Gasteiger partial charge >= 0.3 is 0 Å². The summed E-state index contributed by atoms with van der Waals surface area (Å²) in [4.78, 5) is 4.64. The van der Waals surface area contributed by atoms with Crippen molar-refractivity contribution < 1.29 is 0 Å². The summed E-state index contributed by atoms with van der Waals surface area (Å²) in [6.07, 6.45) is 5.72. The molecule has 3 heteroatoms. The largest absolute Gasteiger partial charge is 0.303 e. The summed E-state index contributed by atoms with van der Waals surface area (Å²) in [7, 11) is 0. The molecule has 3 rings (SSSR count). The Kier molecular flexibility index (Phi) is 1.71. The Morgan fingerprint density at radius 2 is 2.29 bits per heavy atom. The molecule has 2 aromatic heterocycles. The van der Waals surface area contributed by atoms with Gasteiger partial charge in [-0.2, -0.15) is 0 Å². The molecule has 0 aliphatic heterocycles. The first-order valence-electron chi connectivity index (χ1n) is 4.91. The number of rotatable bonds is 0. The fraction of sp³-hybridized carbons (Fsp3) is 0.364. The zero-order chi connectivity index (χ0) is 9.71. The maximum Gasteiger partial charge on any atom is 0.137 e. The van der Waals surface area contributed by atoms with E-state index in [0.717, 1.165) is 16.5 Å². The standard InChI is InChI=1S/C11H11BrN2/c1-7-5-11-13-9-3-2-4-10(9)14(11)6-8(7)12/h5-6H,2-4H2,1H3. The van der Waals surface area contributed by atoms with Crippen molar-refractivity contribution in [2.75, 3.05) is 0 Å². The quantitative estimate of drug-likeness (QED) is 0.703. The Balaban J connectivity index is 2.39. The monoisotopic (exact) mass is 250 g/mol. The van der Waals surface area contributed by atoms with Gasteiger partial charge in [0.25, 0.3) is 0 Å². The van der Waals surface area contributed by atoms with Gasteiger partial charge in [-0.3, -0.25) is 0 Å². The molecule has 0 saturated heterocycles. The molecular weight excluding hydrogens is 240 g/mol. The first kappa shape index (κ1) is 8.48. The van der Waals surface area contributed by atoms with E-state index in [4.69, 9.17) is 0 Å². The third-order valence-electron chi connectivity index (χ3n) is 2.91. The van der Waals surface area contributed by atoms with E-state index in [1.807, 2.05) is 0 Å². The van der Waals surface area contributed by atoms with Crippen molar-refractivity contribution in [2.24, 2.45) is 0 Å². The van der Waals surface area contributed by atoms with Crippen LogP contribution in [-0.4, -0.2) is 9.38 Å². The Morgan fingerprint density at radius 3 is 3.14 bits per heavy atom. The van der Waals surface area contributed by atoms with Gasteiger partial charge in [-0.1, -0.05) is 0 Å². The van der Waals surface area contributed by atoms with E-state index in [9.17, 15) is 0 Å². The van der Waals surface area contributed by atoms with E-state index < -0.39 is 0 Å². The van der Waals surface area contributed by atoms with Crippen molar-refractivity contribution in [3.8, 4) is 0 Å². The highest BCUT2D eigenvalue weighted by Crippen LogP contribution is 2.26. The van der Waals surface area contributed by atoms with Crippen LogP contribution >= 0.6 is 15.9 Å². The number of aromatic nitrogens is 2. The van der Waals surface area contributed by atoms with Gasteiger partial charge in [0.05, 0.1) is 5.69 Å². The van der Waals surface area contributed by atoms with E-state index in [1.54, 1.807) is 0 Å². The molecule has 0 N–H and O–H groups in total. The predicted molar refractivity (Wildman–Crippen MR) is 59.7 cm³/mol. The zero-order valence-electron chi connectivity index (χ0n) is 8.05. The molecule has 0 radical (unpaired) electrons. The molecule has 1 aliphatic rings. The Bertz CT molecular complexity index is 513. The molecule has 2 aromatic rings. The second-order valence-electron chi connectivity index (χ2n) is 3.89. The first-order chi connectivity index (χ1) is 6.75. The minimum Gasteiger partial charge on any atom is -0.303 e. The lowest BCUT2D eigenvalue weighted by Gasteiger charge is -2.01. The van der Waals surface area contributed by atoms with Crippen LogP contribution in [-0.2, 0) is 12.8 Å². The maximum absolute atomic E-state index is 4.64. The second kappa shape index (κ2) is 2.83. The number of aryl methyl sites for hydroxylation is 3. The second-order valence-corrected chi connectivity index (χ2v) is 4.75. The van der Waals surface area contributed by atoms with E-state index in [1.165, 1.54) is 29.8 Å². The topological polar surface area (TPSA) is 17.3 Å². The first-order valence-corrected chi connectivity index (χ1v) is 5.71. The average Bonchev–Trinajstić information content (AvgIpc) is 2.68. The van der Waals surface area contributed by atoms with E-state index in [0.29, 0.717) is 0 Å². The van der Waals surface area contributed by atoms with Crippen LogP contribution in [0.5, 0.6) is 0 Å². The molecule has 0 atom stereocenters. The normalized spacial score (nSPS) is 15.0. The lowest BCUT2D eigenvalue weighted by molar-refractivity contribution is 0.868. The van der Waals surface area contributed by atoms with Gasteiger partial charge in [-0.05, 0) is 53.7 Å². The molecule has 0 fully saturated rings. The highest BCUT2D eigenvalue weighted by Gasteiger charge is 2.17. The van der Waals surface area contributed by atoms with Crippen molar-refractivity contribution >= 4 is 21.6 Å². The van der Waals surface area contributed by atoms with Crippen molar-refractivity contribution in [1.82, 2.24) is 9.38 Å². The summed E-state index contributed by atoms with van der Waals surface area (Å²) < 4.78 is 3.39. The number of hydrogen-bond acceptors (Lipinski definition) is 1. The fourth-order valence-electron chi connectivity index (χ4n) is 2.15. The van der Waals surface area contributed by atoms with Gasteiger partial charge in [0.15, 0.2) is 0 Å². The molecule has 2 nitrogen and oxygen atoms in total. The van der Waals surface area contributed by atoms with Crippen LogP contribution in [0.1, 0.15) is 23.4 Å². The molecule has 14 heavy (non-hydrogen) atoms. The highest BCUT2D eigenvalue weighted by molar-refractivity contribution is 9.10. The van der Waals surface area contributed by atoms with E-state index >= 15 is 0 Å². The smallest absolute Gasteiger partial charge is 0.137 e. The molecule has 0 spiro atoms. The predicted octanol–water partition coefficient (Wildman–Crippen LogP) is 2.89. The third-order valence-corrected chi connectivity index (χ3v) is 3.74. The number of halogens is 1. The van der Waals surface area contributed by atoms with E-state index in [2.05, 4.69) is 44.5 Å². The maximum atomic E-state index is 4.64. The Labute approximate surface area is 91.1 Å². The molecule has 0 aromatic carbocycles. The van der Waals surface area contributed by atoms with Gasteiger partial charge < -0.3 is 4.40 Å². The van der Waals surface area contributed by atoms with E-state index in [-0.39, 0.29) is 0 Å². The lowest BCUT2D eigenvalue weighted by atomic mass is 10.3. The van der Waals surface area contributed by atoms with Crippen molar-refractivity contribution in [2.45, 2.75) is 26.2 Å². The van der Waals surface area contributed by atoms with Gasteiger partial charge in [0.1, 0.15) is 5.65 Å². The molecule has 0 bridgehead atoms. The van der Waals surface area contributed by atoms with Crippen molar-refractivity contribution in [3.05, 3.63) is 33.7 Å². The van der Waals surface area contributed by atoms with Gasteiger partial charge in [0.2, 0.25) is 0 Å². The summed E-state index contributed by atoms with van der Waals surface area (Å²) >= 11 is 3.56. The molecule has 0 unspecified atom stereocenters. The summed E-state index contributed by atoms with van der Waals surface area (Å²) in [5.41, 5.74) is 5.04. The van der Waals surface area contributed by atoms with Crippen molar-refractivity contribution in [3.63, 3.8) is 0 Å². The number of fused-ring (bicyclic) bond motifs is 3. The van der Waals surface area contributed by atoms with Gasteiger partial charge in [-0.25, -0.2) is 4.98 Å². The van der Waals surface area contributed by atoms with Crippen molar-refractivity contribution in [1.29, 1.82) is 0 Å². The summed E-state index contributed by atoms with van der Waals surface area (Å²) in [6.45, 7) is 2.10. The number of hydrogen-bond donors (Lipinski definition) is 0. The minimum atomic E-state index is 1.09. The zero-order valence-corrected chi connectivity index (χ0v) is 9.63. The molecular formula is C11H11BrN2. The van der Waals surface area contributed by atoms with Crippen LogP contribution in [0.15, 0.2) is 16.7 Å². The lowest BCUT2D eigenvalue weighted by Crippen LogP contribution is -1.91.